The third-order valence-corrected chi connectivity index (χ3v) is 2.89. The Morgan fingerprint density at radius 2 is 1.83 bits per heavy atom. The fraction of sp³-hybridized carbons (Fsp3) is 0.200. The molecule has 0 unspecified atom stereocenters. The molecule has 1 N–H and O–H groups in total. The van der Waals surface area contributed by atoms with Crippen LogP contribution in [0.5, 0.6) is 0 Å². The minimum atomic E-state index is -0.327. The van der Waals surface area contributed by atoms with Gasteiger partial charge >= 0.3 is 0 Å². The van der Waals surface area contributed by atoms with Crippen LogP contribution in [0.15, 0.2) is 48.5 Å². The van der Waals surface area contributed by atoms with Crippen LogP contribution in [0.4, 0.5) is 15.8 Å². The number of nitrogens with zero attached hydrogens (tertiary/aromatic N) is 1. The summed E-state index contributed by atoms with van der Waals surface area (Å²) in [5.41, 5.74) is 2.47. The summed E-state index contributed by atoms with van der Waals surface area (Å²) < 4.78 is 13.2. The van der Waals surface area contributed by atoms with Crippen molar-refractivity contribution >= 4 is 11.4 Å². The molecule has 0 spiro atoms. The molecule has 0 saturated carbocycles. The molecule has 0 aromatic heterocycles. The molecule has 0 bridgehead atoms. The number of aliphatic hydroxyl groups is 1. The Labute approximate surface area is 106 Å². The maximum atomic E-state index is 13.2. The van der Waals surface area contributed by atoms with Crippen molar-refractivity contribution < 1.29 is 9.50 Å². The van der Waals surface area contributed by atoms with Crippen molar-refractivity contribution in [3.8, 4) is 0 Å². The highest BCUT2D eigenvalue weighted by atomic mass is 19.1. The van der Waals surface area contributed by atoms with Gasteiger partial charge in [0, 0.05) is 23.5 Å². The highest BCUT2D eigenvalue weighted by molar-refractivity contribution is 5.66. The van der Waals surface area contributed by atoms with Gasteiger partial charge in [0.15, 0.2) is 0 Å². The first kappa shape index (κ1) is 12.6. The van der Waals surface area contributed by atoms with E-state index in [4.69, 9.17) is 0 Å². The smallest absolute Gasteiger partial charge is 0.123 e. The number of para-hydroxylation sites is 1. The molecule has 0 amide bonds. The minimum absolute atomic E-state index is 0.170. The molecular formula is C15H16FNO. The Kier molecular flexibility index (Phi) is 3.95. The molecule has 0 aliphatic carbocycles. The van der Waals surface area contributed by atoms with E-state index in [9.17, 15) is 9.50 Å². The zero-order valence-corrected chi connectivity index (χ0v) is 10.3. The summed E-state index contributed by atoms with van der Waals surface area (Å²) in [5, 5.41) is 9.34. The summed E-state index contributed by atoms with van der Waals surface area (Å²) in [5.74, 6) is -0.327. The monoisotopic (exact) mass is 245 g/mol. The predicted octanol–water partition coefficient (Wildman–Crippen LogP) is 3.48. The molecule has 0 aliphatic rings. The van der Waals surface area contributed by atoms with E-state index in [-0.39, 0.29) is 12.4 Å². The topological polar surface area (TPSA) is 23.5 Å². The van der Waals surface area contributed by atoms with Crippen molar-refractivity contribution in [2.24, 2.45) is 0 Å². The molecular weight excluding hydrogens is 229 g/mol. The van der Waals surface area contributed by atoms with Crippen molar-refractivity contribution in [1.82, 2.24) is 0 Å². The van der Waals surface area contributed by atoms with Gasteiger partial charge in [-0.3, -0.25) is 0 Å². The first-order valence-corrected chi connectivity index (χ1v) is 5.98. The van der Waals surface area contributed by atoms with Crippen LogP contribution in [0, 0.1) is 5.82 Å². The second kappa shape index (κ2) is 5.65. The van der Waals surface area contributed by atoms with Gasteiger partial charge in [0.2, 0.25) is 0 Å². The summed E-state index contributed by atoms with van der Waals surface area (Å²) in [4.78, 5) is 2.05. The number of benzene rings is 2. The number of anilines is 2. The van der Waals surface area contributed by atoms with E-state index in [2.05, 4.69) is 0 Å². The molecule has 0 radical (unpaired) electrons. The fourth-order valence-corrected chi connectivity index (χ4v) is 2.04. The molecule has 2 aromatic carbocycles. The van der Waals surface area contributed by atoms with Crippen molar-refractivity contribution in [2.75, 3.05) is 11.4 Å². The zero-order chi connectivity index (χ0) is 13.0. The first-order valence-electron chi connectivity index (χ1n) is 5.98. The summed E-state index contributed by atoms with van der Waals surface area (Å²) in [6.45, 7) is 2.61. The van der Waals surface area contributed by atoms with Crippen LogP contribution in [0.25, 0.3) is 0 Å². The highest BCUT2D eigenvalue weighted by Gasteiger charge is 2.11. The molecule has 2 nitrogen and oxygen atoms in total. The largest absolute Gasteiger partial charge is 0.392 e. The number of rotatable bonds is 4. The van der Waals surface area contributed by atoms with Gasteiger partial charge in [-0.25, -0.2) is 4.39 Å². The summed E-state index contributed by atoms with van der Waals surface area (Å²) in [6.07, 6.45) is 0. The van der Waals surface area contributed by atoms with Gasteiger partial charge in [-0.1, -0.05) is 18.2 Å². The quantitative estimate of drug-likeness (QED) is 0.891. The van der Waals surface area contributed by atoms with Gasteiger partial charge in [-0.2, -0.15) is 0 Å². The molecule has 2 aromatic rings. The standard InChI is InChI=1S/C15H16FNO/c1-2-17(14-6-4-3-5-7-14)15-9-8-13(16)10-12(15)11-18/h3-10,18H,2,11H2,1H3. The van der Waals surface area contributed by atoms with Crippen LogP contribution in [0.2, 0.25) is 0 Å². The van der Waals surface area contributed by atoms with E-state index in [0.717, 1.165) is 17.9 Å². The molecule has 0 saturated heterocycles. The number of halogens is 1. The van der Waals surface area contributed by atoms with Crippen molar-refractivity contribution in [1.29, 1.82) is 0 Å². The zero-order valence-electron chi connectivity index (χ0n) is 10.3. The average molecular weight is 245 g/mol. The van der Waals surface area contributed by atoms with Crippen LogP contribution in [-0.2, 0) is 6.61 Å². The molecule has 0 heterocycles. The van der Waals surface area contributed by atoms with E-state index >= 15 is 0 Å². The van der Waals surface area contributed by atoms with Gasteiger partial charge < -0.3 is 10.0 Å². The predicted molar refractivity (Wildman–Crippen MR) is 71.4 cm³/mol. The van der Waals surface area contributed by atoms with Crippen molar-refractivity contribution in [3.05, 3.63) is 59.9 Å². The molecule has 3 heteroatoms. The van der Waals surface area contributed by atoms with Crippen LogP contribution in [0.3, 0.4) is 0 Å². The van der Waals surface area contributed by atoms with Crippen LogP contribution in [0.1, 0.15) is 12.5 Å². The van der Waals surface area contributed by atoms with Crippen LogP contribution >= 0.6 is 0 Å². The Bertz CT molecular complexity index is 513. The molecule has 0 fully saturated rings. The number of hydrogen-bond acceptors (Lipinski definition) is 2. The SMILES string of the molecule is CCN(c1ccccc1)c1ccc(F)cc1CO. The summed E-state index contributed by atoms with van der Waals surface area (Å²) in [7, 11) is 0. The lowest BCUT2D eigenvalue weighted by Crippen LogP contribution is -2.17. The minimum Gasteiger partial charge on any atom is -0.392 e. The summed E-state index contributed by atoms with van der Waals surface area (Å²) >= 11 is 0. The average Bonchev–Trinajstić information content (AvgIpc) is 2.42. The molecule has 94 valence electrons. The van der Waals surface area contributed by atoms with E-state index < -0.39 is 0 Å². The maximum Gasteiger partial charge on any atom is 0.123 e. The lowest BCUT2D eigenvalue weighted by molar-refractivity contribution is 0.281. The third kappa shape index (κ3) is 2.51. The van der Waals surface area contributed by atoms with E-state index in [0.29, 0.717) is 5.56 Å². The van der Waals surface area contributed by atoms with Gasteiger partial charge in [-0.05, 0) is 37.3 Å². The second-order valence-corrected chi connectivity index (χ2v) is 4.01. The normalized spacial score (nSPS) is 10.4. The van der Waals surface area contributed by atoms with Gasteiger partial charge in [0.1, 0.15) is 5.82 Å². The van der Waals surface area contributed by atoms with Crippen LogP contribution < -0.4 is 4.90 Å². The van der Waals surface area contributed by atoms with Gasteiger partial charge in [-0.15, -0.1) is 0 Å². The van der Waals surface area contributed by atoms with E-state index in [1.165, 1.54) is 12.1 Å². The van der Waals surface area contributed by atoms with Gasteiger partial charge in [0.25, 0.3) is 0 Å². The highest BCUT2D eigenvalue weighted by Crippen LogP contribution is 2.28. The van der Waals surface area contributed by atoms with Crippen LogP contribution in [-0.4, -0.2) is 11.7 Å². The Morgan fingerprint density at radius 1 is 1.11 bits per heavy atom. The van der Waals surface area contributed by atoms with E-state index in [1.54, 1.807) is 6.07 Å². The second-order valence-electron chi connectivity index (χ2n) is 4.01. The Morgan fingerprint density at radius 3 is 2.44 bits per heavy atom. The number of aliphatic hydroxyl groups excluding tert-OH is 1. The summed E-state index contributed by atoms with van der Waals surface area (Å²) in [6, 6.07) is 14.4. The first-order chi connectivity index (χ1) is 8.76. The fourth-order valence-electron chi connectivity index (χ4n) is 2.04. The maximum absolute atomic E-state index is 13.2. The Hall–Kier alpha value is -1.87. The molecule has 18 heavy (non-hydrogen) atoms. The lowest BCUT2D eigenvalue weighted by atomic mass is 10.1. The molecule has 0 atom stereocenters. The molecule has 2 rings (SSSR count). The van der Waals surface area contributed by atoms with Gasteiger partial charge in [0.05, 0.1) is 6.61 Å². The van der Waals surface area contributed by atoms with E-state index in [1.807, 2.05) is 42.2 Å². The third-order valence-electron chi connectivity index (χ3n) is 2.89. The number of hydrogen-bond donors (Lipinski definition) is 1. The van der Waals surface area contributed by atoms with Crippen molar-refractivity contribution in [2.45, 2.75) is 13.5 Å². The van der Waals surface area contributed by atoms with Crippen molar-refractivity contribution in [3.63, 3.8) is 0 Å². The molecule has 0 aliphatic heterocycles. The lowest BCUT2D eigenvalue weighted by Gasteiger charge is -2.25. The Balaban J connectivity index is 2.45.